The predicted octanol–water partition coefficient (Wildman–Crippen LogP) is 1.24. The first-order valence-corrected chi connectivity index (χ1v) is 3.39. The first-order chi connectivity index (χ1) is 4.26. The average Bonchev–Trinajstić information content (AvgIpc) is 1.90. The van der Waals surface area contributed by atoms with Gasteiger partial charge in [-0.15, -0.1) is 0 Å². The summed E-state index contributed by atoms with van der Waals surface area (Å²) in [5.74, 6) is 0. The van der Waals surface area contributed by atoms with Gasteiger partial charge in [-0.3, -0.25) is 4.99 Å². The third-order valence-electron chi connectivity index (χ3n) is 1.42. The summed E-state index contributed by atoms with van der Waals surface area (Å²) in [6, 6.07) is 0. The summed E-state index contributed by atoms with van der Waals surface area (Å²) in [7, 11) is 1.72. The lowest BCUT2D eigenvalue weighted by molar-refractivity contribution is 0.235. The molecule has 0 saturated carbocycles. The van der Waals surface area contributed by atoms with Crippen LogP contribution < -0.4 is 0 Å². The summed E-state index contributed by atoms with van der Waals surface area (Å²) in [5.41, 5.74) is 0.900. The Labute approximate surface area is 56.6 Å². The van der Waals surface area contributed by atoms with Gasteiger partial charge in [0, 0.05) is 12.8 Å². The van der Waals surface area contributed by atoms with E-state index in [1.54, 1.807) is 7.05 Å². The molecule has 1 atom stereocenters. The molecule has 0 spiro atoms. The largest absolute Gasteiger partial charge is 0.387 e. The molecule has 54 valence electrons. The van der Waals surface area contributed by atoms with Crippen molar-refractivity contribution in [3.63, 3.8) is 0 Å². The number of nitrogens with zero attached hydrogens (tertiary/aromatic N) is 1. The highest BCUT2D eigenvalue weighted by molar-refractivity contribution is 5.88. The number of rotatable bonds is 3. The number of aliphatic hydroxyl groups excluding tert-OH is 1. The zero-order chi connectivity index (χ0) is 7.28. The van der Waals surface area contributed by atoms with Crippen molar-refractivity contribution in [2.24, 2.45) is 4.99 Å². The lowest BCUT2D eigenvalue weighted by Crippen LogP contribution is -2.17. The summed E-state index contributed by atoms with van der Waals surface area (Å²) < 4.78 is 0. The summed E-state index contributed by atoms with van der Waals surface area (Å²) in [6.45, 7) is 3.95. The van der Waals surface area contributed by atoms with Crippen LogP contribution in [0.25, 0.3) is 0 Å². The molecule has 9 heavy (non-hydrogen) atoms. The molecule has 0 aliphatic carbocycles. The third kappa shape index (κ3) is 2.61. The van der Waals surface area contributed by atoms with Crippen molar-refractivity contribution in [3.8, 4) is 0 Å². The van der Waals surface area contributed by atoms with Crippen LogP contribution in [0.3, 0.4) is 0 Å². The van der Waals surface area contributed by atoms with Crippen LogP contribution in [-0.4, -0.2) is 24.0 Å². The molecule has 0 aliphatic heterocycles. The lowest BCUT2D eigenvalue weighted by Gasteiger charge is -2.07. The van der Waals surface area contributed by atoms with Crippen molar-refractivity contribution in [2.75, 3.05) is 7.05 Å². The van der Waals surface area contributed by atoms with Crippen LogP contribution >= 0.6 is 0 Å². The maximum atomic E-state index is 9.19. The number of aliphatic hydroxyl groups is 1. The topological polar surface area (TPSA) is 32.6 Å². The van der Waals surface area contributed by atoms with Crippen molar-refractivity contribution in [1.29, 1.82) is 0 Å². The standard InChI is InChI=1S/C7H15NO/c1-4-6(8-3)7(9)5-2/h7,9H,4-5H2,1-3H3. The molecule has 0 aromatic heterocycles. The number of aliphatic imine (C=N–C) groups is 1. The molecule has 1 N–H and O–H groups in total. The Morgan fingerprint density at radius 1 is 1.56 bits per heavy atom. The molecular weight excluding hydrogens is 114 g/mol. The van der Waals surface area contributed by atoms with Gasteiger partial charge in [0.05, 0.1) is 6.10 Å². The van der Waals surface area contributed by atoms with Gasteiger partial charge >= 0.3 is 0 Å². The first kappa shape index (κ1) is 8.63. The molecule has 2 nitrogen and oxygen atoms in total. The van der Waals surface area contributed by atoms with Crippen LogP contribution in [0.15, 0.2) is 4.99 Å². The van der Waals surface area contributed by atoms with E-state index in [1.807, 2.05) is 13.8 Å². The van der Waals surface area contributed by atoms with Crippen molar-refractivity contribution < 1.29 is 5.11 Å². The zero-order valence-electron chi connectivity index (χ0n) is 6.39. The second kappa shape index (κ2) is 4.50. The van der Waals surface area contributed by atoms with Gasteiger partial charge in [0.15, 0.2) is 0 Å². The van der Waals surface area contributed by atoms with E-state index in [0.29, 0.717) is 0 Å². The van der Waals surface area contributed by atoms with E-state index in [0.717, 1.165) is 18.6 Å². The van der Waals surface area contributed by atoms with E-state index < -0.39 is 0 Å². The van der Waals surface area contributed by atoms with E-state index >= 15 is 0 Å². The summed E-state index contributed by atoms with van der Waals surface area (Å²) in [5, 5.41) is 9.19. The predicted molar refractivity (Wildman–Crippen MR) is 39.9 cm³/mol. The summed E-state index contributed by atoms with van der Waals surface area (Å²) in [6.07, 6.45) is 1.30. The van der Waals surface area contributed by atoms with Crippen molar-refractivity contribution in [1.82, 2.24) is 0 Å². The highest BCUT2D eigenvalue weighted by Crippen LogP contribution is 1.97. The molecule has 2 heteroatoms. The molecule has 0 aromatic rings. The van der Waals surface area contributed by atoms with Gasteiger partial charge in [-0.05, 0) is 12.8 Å². The third-order valence-corrected chi connectivity index (χ3v) is 1.42. The Morgan fingerprint density at radius 3 is 2.22 bits per heavy atom. The van der Waals surface area contributed by atoms with Crippen LogP contribution in [0, 0.1) is 0 Å². The Bertz CT molecular complexity index is 99.1. The maximum absolute atomic E-state index is 9.19. The minimum Gasteiger partial charge on any atom is -0.387 e. The maximum Gasteiger partial charge on any atom is 0.0913 e. The molecule has 0 aromatic carbocycles. The van der Waals surface area contributed by atoms with Crippen molar-refractivity contribution >= 4 is 5.71 Å². The van der Waals surface area contributed by atoms with Crippen molar-refractivity contribution in [3.05, 3.63) is 0 Å². The van der Waals surface area contributed by atoms with Crippen LogP contribution in [0.1, 0.15) is 26.7 Å². The van der Waals surface area contributed by atoms with Crippen LogP contribution in [0.5, 0.6) is 0 Å². The van der Waals surface area contributed by atoms with E-state index in [-0.39, 0.29) is 6.10 Å². The molecule has 0 saturated heterocycles. The fourth-order valence-electron chi connectivity index (χ4n) is 0.778. The molecule has 0 fully saturated rings. The zero-order valence-corrected chi connectivity index (χ0v) is 6.39. The van der Waals surface area contributed by atoms with Crippen LogP contribution in [-0.2, 0) is 0 Å². The van der Waals surface area contributed by atoms with Crippen LogP contribution in [0.2, 0.25) is 0 Å². The van der Waals surface area contributed by atoms with Gasteiger partial charge in [-0.1, -0.05) is 13.8 Å². The second-order valence-electron chi connectivity index (χ2n) is 1.99. The van der Waals surface area contributed by atoms with Gasteiger partial charge in [0.2, 0.25) is 0 Å². The smallest absolute Gasteiger partial charge is 0.0913 e. The molecule has 0 rings (SSSR count). The summed E-state index contributed by atoms with van der Waals surface area (Å²) >= 11 is 0. The van der Waals surface area contributed by atoms with Crippen LogP contribution in [0.4, 0.5) is 0 Å². The molecule has 0 heterocycles. The SMILES string of the molecule is CCC(=NC)C(O)CC. The average molecular weight is 129 g/mol. The van der Waals surface area contributed by atoms with E-state index in [2.05, 4.69) is 4.99 Å². The minimum absolute atomic E-state index is 0.319. The van der Waals surface area contributed by atoms with Gasteiger partial charge in [0.1, 0.15) is 0 Å². The molecule has 0 bridgehead atoms. The van der Waals surface area contributed by atoms with Gasteiger partial charge in [-0.2, -0.15) is 0 Å². The first-order valence-electron chi connectivity index (χ1n) is 3.39. The fourth-order valence-corrected chi connectivity index (χ4v) is 0.778. The quantitative estimate of drug-likeness (QED) is 0.571. The summed E-state index contributed by atoms with van der Waals surface area (Å²) in [4.78, 5) is 3.94. The second-order valence-corrected chi connectivity index (χ2v) is 1.99. The Morgan fingerprint density at radius 2 is 2.11 bits per heavy atom. The number of hydrogen-bond acceptors (Lipinski definition) is 2. The Hall–Kier alpha value is -0.370. The Kier molecular flexibility index (Phi) is 4.32. The highest BCUT2D eigenvalue weighted by Gasteiger charge is 2.05. The van der Waals surface area contributed by atoms with Gasteiger partial charge < -0.3 is 5.11 Å². The fraction of sp³-hybridized carbons (Fsp3) is 0.857. The molecule has 0 radical (unpaired) electrons. The molecule has 0 aliphatic rings. The highest BCUT2D eigenvalue weighted by atomic mass is 16.3. The van der Waals surface area contributed by atoms with E-state index in [9.17, 15) is 5.11 Å². The Balaban J connectivity index is 3.80. The normalized spacial score (nSPS) is 15.8. The lowest BCUT2D eigenvalue weighted by atomic mass is 10.1. The van der Waals surface area contributed by atoms with E-state index in [1.165, 1.54) is 0 Å². The minimum atomic E-state index is -0.319. The monoisotopic (exact) mass is 129 g/mol. The van der Waals surface area contributed by atoms with Gasteiger partial charge in [-0.25, -0.2) is 0 Å². The molecular formula is C7H15NO. The van der Waals surface area contributed by atoms with Gasteiger partial charge in [0.25, 0.3) is 0 Å². The molecule has 1 unspecified atom stereocenters. The van der Waals surface area contributed by atoms with E-state index in [4.69, 9.17) is 0 Å². The van der Waals surface area contributed by atoms with Crippen molar-refractivity contribution in [2.45, 2.75) is 32.8 Å². The number of hydrogen-bond donors (Lipinski definition) is 1. The molecule has 0 amide bonds.